The number of methoxy groups -OCH3 is 1. The number of para-hydroxylation sites is 3. The standard InChI is InChI=1S/C23H23N3O3/c1-16-8-7-9-17(14-16)25-23(28)18-10-3-4-11-19(18)26-22(27)15-24-20-12-5-6-13-21(20)29-2/h3-14,24H,15H2,1-2H3,(H,25,28)(H,26,27). The first kappa shape index (κ1) is 19.9. The third-order valence-electron chi connectivity index (χ3n) is 4.27. The smallest absolute Gasteiger partial charge is 0.257 e. The molecule has 0 aliphatic rings. The van der Waals surface area contributed by atoms with E-state index in [9.17, 15) is 9.59 Å². The largest absolute Gasteiger partial charge is 0.495 e. The molecule has 3 rings (SSSR count). The van der Waals surface area contributed by atoms with Crippen molar-refractivity contribution in [3.63, 3.8) is 0 Å². The summed E-state index contributed by atoms with van der Waals surface area (Å²) in [6.07, 6.45) is 0. The van der Waals surface area contributed by atoms with Crippen LogP contribution >= 0.6 is 0 Å². The third-order valence-corrected chi connectivity index (χ3v) is 4.27. The number of aryl methyl sites for hydroxylation is 1. The molecule has 0 aliphatic carbocycles. The molecule has 6 heteroatoms. The second kappa shape index (κ2) is 9.41. The molecule has 3 N–H and O–H groups in total. The van der Waals surface area contributed by atoms with E-state index in [1.165, 1.54) is 0 Å². The van der Waals surface area contributed by atoms with E-state index in [1.807, 2.05) is 55.5 Å². The molecule has 2 amide bonds. The number of hydrogen-bond donors (Lipinski definition) is 3. The van der Waals surface area contributed by atoms with Crippen LogP contribution < -0.4 is 20.7 Å². The van der Waals surface area contributed by atoms with Gasteiger partial charge in [-0.3, -0.25) is 9.59 Å². The number of rotatable bonds is 7. The number of anilines is 3. The molecule has 0 heterocycles. The zero-order valence-electron chi connectivity index (χ0n) is 16.4. The van der Waals surface area contributed by atoms with E-state index in [4.69, 9.17) is 4.74 Å². The van der Waals surface area contributed by atoms with Gasteiger partial charge in [-0.25, -0.2) is 0 Å². The summed E-state index contributed by atoms with van der Waals surface area (Å²) in [6.45, 7) is 1.99. The van der Waals surface area contributed by atoms with Crippen LogP contribution in [-0.4, -0.2) is 25.5 Å². The van der Waals surface area contributed by atoms with E-state index in [1.54, 1.807) is 31.4 Å². The van der Waals surface area contributed by atoms with E-state index < -0.39 is 0 Å². The minimum absolute atomic E-state index is 0.0359. The van der Waals surface area contributed by atoms with Gasteiger partial charge in [0, 0.05) is 5.69 Å². The monoisotopic (exact) mass is 389 g/mol. The fourth-order valence-corrected chi connectivity index (χ4v) is 2.87. The van der Waals surface area contributed by atoms with Crippen LogP contribution in [0.15, 0.2) is 72.8 Å². The summed E-state index contributed by atoms with van der Waals surface area (Å²) in [5.74, 6) is 0.0918. The van der Waals surface area contributed by atoms with Crippen LogP contribution in [0.5, 0.6) is 5.75 Å². The molecular formula is C23H23N3O3. The Labute approximate surface area is 169 Å². The lowest BCUT2D eigenvalue weighted by atomic mass is 10.1. The molecule has 0 fully saturated rings. The average molecular weight is 389 g/mol. The molecule has 3 aromatic carbocycles. The number of nitrogens with one attached hydrogen (secondary N) is 3. The summed E-state index contributed by atoms with van der Waals surface area (Å²) in [5.41, 5.74) is 3.31. The molecule has 6 nitrogen and oxygen atoms in total. The first-order valence-corrected chi connectivity index (χ1v) is 9.20. The van der Waals surface area contributed by atoms with Gasteiger partial charge in [0.05, 0.1) is 30.6 Å². The summed E-state index contributed by atoms with van der Waals surface area (Å²) >= 11 is 0. The van der Waals surface area contributed by atoms with E-state index in [2.05, 4.69) is 16.0 Å². The van der Waals surface area contributed by atoms with E-state index in [0.717, 1.165) is 11.3 Å². The number of carbonyl (C=O) groups is 2. The van der Waals surface area contributed by atoms with Crippen molar-refractivity contribution < 1.29 is 14.3 Å². The maximum Gasteiger partial charge on any atom is 0.257 e. The van der Waals surface area contributed by atoms with Gasteiger partial charge in [-0.1, -0.05) is 36.4 Å². The van der Waals surface area contributed by atoms with Gasteiger partial charge in [-0.2, -0.15) is 0 Å². The van der Waals surface area contributed by atoms with Crippen molar-refractivity contribution in [1.29, 1.82) is 0 Å². The van der Waals surface area contributed by atoms with E-state index in [-0.39, 0.29) is 18.4 Å². The lowest BCUT2D eigenvalue weighted by Gasteiger charge is -2.13. The Bertz CT molecular complexity index is 1020. The highest BCUT2D eigenvalue weighted by Crippen LogP contribution is 2.23. The average Bonchev–Trinajstić information content (AvgIpc) is 2.73. The van der Waals surface area contributed by atoms with Crippen molar-refractivity contribution in [1.82, 2.24) is 0 Å². The molecule has 0 spiro atoms. The summed E-state index contributed by atoms with van der Waals surface area (Å²) < 4.78 is 5.26. The predicted octanol–water partition coefficient (Wildman–Crippen LogP) is 4.31. The van der Waals surface area contributed by atoms with Crippen molar-refractivity contribution in [3.05, 3.63) is 83.9 Å². The van der Waals surface area contributed by atoms with Gasteiger partial charge in [-0.05, 0) is 48.9 Å². The van der Waals surface area contributed by atoms with Gasteiger partial charge in [0.25, 0.3) is 5.91 Å². The summed E-state index contributed by atoms with van der Waals surface area (Å²) in [6, 6.07) is 21.8. The summed E-state index contributed by atoms with van der Waals surface area (Å²) in [4.78, 5) is 25.1. The van der Waals surface area contributed by atoms with Crippen LogP contribution in [0.1, 0.15) is 15.9 Å². The van der Waals surface area contributed by atoms with Gasteiger partial charge in [0.2, 0.25) is 5.91 Å². The van der Waals surface area contributed by atoms with Crippen molar-refractivity contribution in [2.45, 2.75) is 6.92 Å². The van der Waals surface area contributed by atoms with Crippen LogP contribution in [0.3, 0.4) is 0 Å². The Morgan fingerprint density at radius 3 is 2.34 bits per heavy atom. The Hall–Kier alpha value is -3.80. The van der Waals surface area contributed by atoms with Gasteiger partial charge in [0.1, 0.15) is 5.75 Å². The van der Waals surface area contributed by atoms with Gasteiger partial charge in [0.15, 0.2) is 0 Å². The molecule has 0 radical (unpaired) electrons. The minimum atomic E-state index is -0.288. The molecule has 3 aromatic rings. The minimum Gasteiger partial charge on any atom is -0.495 e. The SMILES string of the molecule is COc1ccccc1NCC(=O)Nc1ccccc1C(=O)Nc1cccc(C)c1. The first-order valence-electron chi connectivity index (χ1n) is 9.20. The lowest BCUT2D eigenvalue weighted by Crippen LogP contribution is -2.24. The van der Waals surface area contributed by atoms with E-state index in [0.29, 0.717) is 22.7 Å². The van der Waals surface area contributed by atoms with Crippen LogP contribution in [0.2, 0.25) is 0 Å². The fourth-order valence-electron chi connectivity index (χ4n) is 2.87. The van der Waals surface area contributed by atoms with Crippen molar-refractivity contribution in [3.8, 4) is 5.75 Å². The van der Waals surface area contributed by atoms with Crippen LogP contribution in [-0.2, 0) is 4.79 Å². The zero-order valence-corrected chi connectivity index (χ0v) is 16.4. The Morgan fingerprint density at radius 2 is 1.59 bits per heavy atom. The number of ether oxygens (including phenoxy) is 1. The quantitative estimate of drug-likeness (QED) is 0.563. The lowest BCUT2D eigenvalue weighted by molar-refractivity contribution is -0.114. The molecule has 0 saturated heterocycles. The maximum absolute atomic E-state index is 12.7. The van der Waals surface area contributed by atoms with Crippen molar-refractivity contribution in [2.24, 2.45) is 0 Å². The van der Waals surface area contributed by atoms with Gasteiger partial charge < -0.3 is 20.7 Å². The van der Waals surface area contributed by atoms with E-state index >= 15 is 0 Å². The normalized spacial score (nSPS) is 10.1. The molecule has 0 aliphatic heterocycles. The molecule has 0 bridgehead atoms. The van der Waals surface area contributed by atoms with Gasteiger partial charge >= 0.3 is 0 Å². The summed E-state index contributed by atoms with van der Waals surface area (Å²) in [7, 11) is 1.57. The van der Waals surface area contributed by atoms with Crippen LogP contribution in [0.4, 0.5) is 17.1 Å². The Kier molecular flexibility index (Phi) is 6.47. The van der Waals surface area contributed by atoms with Crippen molar-refractivity contribution in [2.75, 3.05) is 29.6 Å². The molecular weight excluding hydrogens is 366 g/mol. The second-order valence-corrected chi connectivity index (χ2v) is 6.47. The molecule has 0 atom stereocenters. The number of benzene rings is 3. The third kappa shape index (κ3) is 5.35. The molecule has 0 aromatic heterocycles. The summed E-state index contributed by atoms with van der Waals surface area (Å²) in [5, 5.41) is 8.70. The second-order valence-electron chi connectivity index (χ2n) is 6.47. The predicted molar refractivity (Wildman–Crippen MR) is 116 cm³/mol. The number of amides is 2. The fraction of sp³-hybridized carbons (Fsp3) is 0.130. The van der Waals surface area contributed by atoms with Gasteiger partial charge in [-0.15, -0.1) is 0 Å². The highest BCUT2D eigenvalue weighted by Gasteiger charge is 2.14. The number of carbonyl (C=O) groups excluding carboxylic acids is 2. The highest BCUT2D eigenvalue weighted by atomic mass is 16.5. The Balaban J connectivity index is 1.66. The molecule has 29 heavy (non-hydrogen) atoms. The highest BCUT2D eigenvalue weighted by molar-refractivity contribution is 6.10. The van der Waals surface area contributed by atoms with Crippen LogP contribution in [0.25, 0.3) is 0 Å². The molecule has 0 saturated carbocycles. The topological polar surface area (TPSA) is 79.5 Å². The Morgan fingerprint density at radius 1 is 0.862 bits per heavy atom. The number of hydrogen-bond acceptors (Lipinski definition) is 4. The maximum atomic E-state index is 12.7. The molecule has 0 unspecified atom stereocenters. The first-order chi connectivity index (χ1) is 14.1. The van der Waals surface area contributed by atoms with Crippen LogP contribution in [0, 0.1) is 6.92 Å². The van der Waals surface area contributed by atoms with Crippen molar-refractivity contribution >= 4 is 28.9 Å². The zero-order chi connectivity index (χ0) is 20.6. The molecule has 148 valence electrons.